The number of hydrogen-bond acceptors (Lipinski definition) is 8. The molecule has 3 rings (SSSR count). The Labute approximate surface area is 155 Å². The average Bonchev–Trinajstić information content (AvgIpc) is 3.11. The van der Waals surface area contributed by atoms with Crippen LogP contribution >= 0.6 is 12.2 Å². The number of nitrogens with zero attached hydrogens (tertiary/aromatic N) is 3. The predicted molar refractivity (Wildman–Crippen MR) is 96.9 cm³/mol. The van der Waals surface area contributed by atoms with Crippen LogP contribution in [0.25, 0.3) is 5.69 Å². The Morgan fingerprint density at radius 2 is 1.96 bits per heavy atom. The molecule has 0 radical (unpaired) electrons. The number of H-pyrrole nitrogens is 1. The van der Waals surface area contributed by atoms with Gasteiger partial charge in [-0.2, -0.15) is 9.50 Å². The van der Waals surface area contributed by atoms with Crippen molar-refractivity contribution in [3.8, 4) is 5.69 Å². The number of hydrogen-bond donors (Lipinski definition) is 4. The van der Waals surface area contributed by atoms with Gasteiger partial charge in [0, 0.05) is 0 Å². The SMILES string of the molecule is O=CNNc1ccc(NOS(=O)c2cccc(-n3[nH]nnc3=S)c2)cc1. The summed E-state index contributed by atoms with van der Waals surface area (Å²) in [4.78, 5) is 10.6. The zero-order chi connectivity index (χ0) is 18.4. The lowest BCUT2D eigenvalue weighted by atomic mass is 10.3. The molecular weight excluding hydrogens is 378 g/mol. The van der Waals surface area contributed by atoms with E-state index in [0.717, 1.165) is 0 Å². The number of aromatic amines is 1. The van der Waals surface area contributed by atoms with E-state index in [2.05, 4.69) is 31.9 Å². The number of carbonyl (C=O) groups excluding carboxylic acids is 1. The van der Waals surface area contributed by atoms with Gasteiger partial charge in [0.05, 0.1) is 22.0 Å². The van der Waals surface area contributed by atoms with Crippen LogP contribution in [-0.4, -0.2) is 30.8 Å². The van der Waals surface area contributed by atoms with Crippen molar-refractivity contribution in [2.75, 3.05) is 10.9 Å². The van der Waals surface area contributed by atoms with Gasteiger partial charge in [0.1, 0.15) is 0 Å². The highest BCUT2D eigenvalue weighted by Gasteiger charge is 2.08. The molecule has 0 spiro atoms. The topological polar surface area (TPSA) is 126 Å². The number of nitrogens with one attached hydrogen (secondary N) is 4. The number of amides is 1. The minimum absolute atomic E-state index is 0.254. The highest BCUT2D eigenvalue weighted by Crippen LogP contribution is 2.16. The highest BCUT2D eigenvalue weighted by atomic mass is 32.2. The molecule has 0 aliphatic heterocycles. The fourth-order valence-corrected chi connectivity index (χ4v) is 2.82. The minimum Gasteiger partial charge on any atom is -0.299 e. The maximum Gasteiger partial charge on any atom is 0.242 e. The summed E-state index contributed by atoms with van der Waals surface area (Å²) >= 11 is 3.28. The Morgan fingerprint density at radius 3 is 2.65 bits per heavy atom. The first kappa shape index (κ1) is 17.7. The molecule has 0 saturated heterocycles. The molecule has 1 aromatic heterocycles. The fourth-order valence-electron chi connectivity index (χ4n) is 1.96. The first-order chi connectivity index (χ1) is 12.7. The van der Waals surface area contributed by atoms with Gasteiger partial charge in [0.15, 0.2) is 0 Å². The van der Waals surface area contributed by atoms with Crippen LogP contribution in [0.4, 0.5) is 11.4 Å². The zero-order valence-corrected chi connectivity index (χ0v) is 14.7. The third-order valence-electron chi connectivity index (χ3n) is 3.14. The predicted octanol–water partition coefficient (Wildman–Crippen LogP) is 1.46. The summed E-state index contributed by atoms with van der Waals surface area (Å²) in [6, 6.07) is 13.6. The van der Waals surface area contributed by atoms with Gasteiger partial charge in [-0.05, 0) is 54.7 Å². The lowest BCUT2D eigenvalue weighted by Crippen LogP contribution is -2.18. The number of rotatable bonds is 8. The van der Waals surface area contributed by atoms with Gasteiger partial charge in [-0.1, -0.05) is 16.4 Å². The molecule has 0 aliphatic carbocycles. The molecule has 134 valence electrons. The summed E-state index contributed by atoms with van der Waals surface area (Å²) in [5.74, 6) is 0. The summed E-state index contributed by atoms with van der Waals surface area (Å²) in [5.41, 5.74) is 9.51. The molecule has 12 heteroatoms. The molecule has 1 unspecified atom stereocenters. The van der Waals surface area contributed by atoms with Crippen LogP contribution in [0.2, 0.25) is 0 Å². The number of tetrazole rings is 1. The molecule has 0 aliphatic rings. The number of hydrazine groups is 1. The molecule has 0 fully saturated rings. The largest absolute Gasteiger partial charge is 0.299 e. The quantitative estimate of drug-likeness (QED) is 0.258. The van der Waals surface area contributed by atoms with E-state index < -0.39 is 11.1 Å². The van der Waals surface area contributed by atoms with Crippen LogP contribution in [0.15, 0.2) is 53.4 Å². The number of anilines is 2. The van der Waals surface area contributed by atoms with Gasteiger partial charge < -0.3 is 0 Å². The van der Waals surface area contributed by atoms with Gasteiger partial charge in [-0.25, -0.2) is 8.89 Å². The summed E-state index contributed by atoms with van der Waals surface area (Å²) < 4.78 is 19.2. The molecule has 10 nitrogen and oxygen atoms in total. The second kappa shape index (κ2) is 8.33. The Morgan fingerprint density at radius 1 is 1.19 bits per heavy atom. The van der Waals surface area contributed by atoms with Crippen molar-refractivity contribution in [2.45, 2.75) is 4.90 Å². The van der Waals surface area contributed by atoms with Crippen LogP contribution in [0.1, 0.15) is 0 Å². The Kier molecular flexibility index (Phi) is 5.68. The van der Waals surface area contributed by atoms with Gasteiger partial charge in [0.25, 0.3) is 0 Å². The van der Waals surface area contributed by atoms with E-state index in [0.29, 0.717) is 28.4 Å². The maximum absolute atomic E-state index is 12.3. The van der Waals surface area contributed by atoms with E-state index in [9.17, 15) is 9.00 Å². The first-order valence-electron chi connectivity index (χ1n) is 7.18. The highest BCUT2D eigenvalue weighted by molar-refractivity contribution is 7.80. The van der Waals surface area contributed by atoms with Gasteiger partial charge in [0.2, 0.25) is 22.3 Å². The minimum atomic E-state index is -1.76. The van der Waals surface area contributed by atoms with Crippen molar-refractivity contribution in [3.05, 3.63) is 53.3 Å². The third kappa shape index (κ3) is 4.30. The van der Waals surface area contributed by atoms with E-state index in [1.807, 2.05) is 0 Å². The maximum atomic E-state index is 12.3. The number of carbonyl (C=O) groups is 1. The molecule has 0 bridgehead atoms. The van der Waals surface area contributed by atoms with E-state index in [1.165, 1.54) is 4.68 Å². The number of aromatic nitrogens is 4. The molecule has 2 aromatic carbocycles. The molecule has 26 heavy (non-hydrogen) atoms. The molecule has 1 amide bonds. The van der Waals surface area contributed by atoms with Crippen molar-refractivity contribution in [1.29, 1.82) is 0 Å². The standard InChI is InChI=1S/C14H13N7O3S2/c22-9-15-16-10-4-6-11(7-5-10)18-24-26(23)13-3-1-2-12(8-13)21-14(25)17-19-20-21/h1-9,16,18H,(H,15,22)(H,17,20,25). The Bertz CT molecular complexity index is 971. The van der Waals surface area contributed by atoms with Crippen molar-refractivity contribution >= 4 is 41.1 Å². The van der Waals surface area contributed by atoms with E-state index in [1.54, 1.807) is 48.5 Å². The van der Waals surface area contributed by atoms with E-state index in [-0.39, 0.29) is 4.77 Å². The molecule has 1 heterocycles. The second-order valence-corrected chi connectivity index (χ2v) is 6.27. The van der Waals surface area contributed by atoms with Crippen LogP contribution in [0.3, 0.4) is 0 Å². The first-order valence-corrected chi connectivity index (χ1v) is 8.66. The van der Waals surface area contributed by atoms with Gasteiger partial charge >= 0.3 is 0 Å². The average molecular weight is 391 g/mol. The summed E-state index contributed by atoms with van der Waals surface area (Å²) in [6.45, 7) is 0. The molecule has 3 aromatic rings. The third-order valence-corrected chi connectivity index (χ3v) is 4.27. The van der Waals surface area contributed by atoms with Crippen LogP contribution < -0.4 is 16.3 Å². The summed E-state index contributed by atoms with van der Waals surface area (Å²) in [6.07, 6.45) is 0.527. The van der Waals surface area contributed by atoms with E-state index >= 15 is 0 Å². The van der Waals surface area contributed by atoms with Crippen LogP contribution in [0, 0.1) is 4.77 Å². The fraction of sp³-hybridized carbons (Fsp3) is 0. The Balaban J connectivity index is 1.64. The van der Waals surface area contributed by atoms with Crippen molar-refractivity contribution in [2.24, 2.45) is 0 Å². The zero-order valence-electron chi connectivity index (χ0n) is 13.1. The Hall–Kier alpha value is -3.09. The van der Waals surface area contributed by atoms with Gasteiger partial charge in [-0.15, -0.1) is 0 Å². The molecular formula is C14H13N7O3S2. The van der Waals surface area contributed by atoms with Crippen molar-refractivity contribution in [3.63, 3.8) is 0 Å². The lowest BCUT2D eigenvalue weighted by Gasteiger charge is -2.09. The van der Waals surface area contributed by atoms with Crippen molar-refractivity contribution < 1.29 is 13.3 Å². The second-order valence-electron chi connectivity index (χ2n) is 4.80. The van der Waals surface area contributed by atoms with Gasteiger partial charge in [-0.3, -0.25) is 21.1 Å². The van der Waals surface area contributed by atoms with Crippen LogP contribution in [0.5, 0.6) is 0 Å². The number of benzene rings is 2. The van der Waals surface area contributed by atoms with Crippen molar-refractivity contribution in [1.82, 2.24) is 25.6 Å². The molecule has 0 saturated carbocycles. The molecule has 1 atom stereocenters. The monoisotopic (exact) mass is 391 g/mol. The van der Waals surface area contributed by atoms with Crippen LogP contribution in [-0.2, 0) is 20.2 Å². The summed E-state index contributed by atoms with van der Waals surface area (Å²) in [7, 11) is 0. The molecule has 4 N–H and O–H groups in total. The lowest BCUT2D eigenvalue weighted by molar-refractivity contribution is -0.109. The summed E-state index contributed by atoms with van der Waals surface area (Å²) in [5, 5.41) is 9.93. The van der Waals surface area contributed by atoms with E-state index in [4.69, 9.17) is 16.5 Å². The smallest absolute Gasteiger partial charge is 0.242 e. The normalized spacial score (nSPS) is 11.5.